The van der Waals surface area contributed by atoms with Crippen LogP contribution in [0.25, 0.3) is 165 Å². The number of pyridine rings is 4. The number of H-pyrrole nitrogens is 3. The van der Waals surface area contributed by atoms with Crippen molar-refractivity contribution in [3.05, 3.63) is 343 Å². The summed E-state index contributed by atoms with van der Waals surface area (Å²) in [6.45, 7) is 0. The molecule has 0 aliphatic rings. The normalized spacial score (nSPS) is 11.9. The molecule has 0 aliphatic carbocycles. The molecule has 23 nitrogen and oxygen atoms in total. The summed E-state index contributed by atoms with van der Waals surface area (Å²) in [5, 5.41) is 27.0. The number of aromatic amines is 3. The predicted octanol–water partition coefficient (Wildman–Crippen LogP) is 14.8. The fourth-order valence-electron chi connectivity index (χ4n) is 16.4. The van der Waals surface area contributed by atoms with Crippen LogP contribution in [0.15, 0.2) is 266 Å². The molecule has 0 fully saturated rings. The van der Waals surface area contributed by atoms with Gasteiger partial charge in [-0.3, -0.25) is 38.8 Å². The zero-order valence-corrected chi connectivity index (χ0v) is 61.1. The first-order valence-corrected chi connectivity index (χ1v) is 36.6. The highest BCUT2D eigenvalue weighted by Crippen LogP contribution is 2.44. The minimum Gasteiger partial charge on any atom is -0.366 e. The number of aryl methyl sites for hydroxylation is 1. The van der Waals surface area contributed by atoms with E-state index in [2.05, 4.69) is 50.5 Å². The number of amides is 1. The van der Waals surface area contributed by atoms with Crippen LogP contribution in [0.3, 0.4) is 0 Å². The fourth-order valence-corrected chi connectivity index (χ4v) is 17.2. The third-order valence-corrected chi connectivity index (χ3v) is 22.4. The number of hydrogen-bond donors (Lipinski definition) is 4. The highest BCUT2D eigenvalue weighted by atomic mass is 35.5. The smallest absolute Gasteiger partial charge is 0.333 e. The minimum atomic E-state index is -0.729. The second-order valence-electron chi connectivity index (χ2n) is 27.7. The van der Waals surface area contributed by atoms with Gasteiger partial charge in [-0.05, 0) is 133 Å². The summed E-state index contributed by atoms with van der Waals surface area (Å²) in [7, 11) is 1.81. The van der Waals surface area contributed by atoms with Gasteiger partial charge in [0.2, 0.25) is 5.91 Å². The van der Waals surface area contributed by atoms with Gasteiger partial charge >= 0.3 is 17.1 Å². The van der Waals surface area contributed by atoms with Crippen LogP contribution in [0.5, 0.6) is 0 Å². The number of carbonyl (C=O) groups excluding carboxylic acids is 1. The number of nitrogens with one attached hydrogen (secondary N) is 3. The summed E-state index contributed by atoms with van der Waals surface area (Å²) in [5.74, 6) is -0.672. The highest BCUT2D eigenvalue weighted by molar-refractivity contribution is 6.41. The largest absolute Gasteiger partial charge is 0.366 e. The molecule has 1 amide bonds. The summed E-state index contributed by atoms with van der Waals surface area (Å²) < 4.78 is 6.55. The second-order valence-corrected chi connectivity index (χ2v) is 28.9. The number of halogens is 3. The molecule has 0 aliphatic heterocycles. The summed E-state index contributed by atoms with van der Waals surface area (Å²) in [5.41, 5.74) is 13.3. The van der Waals surface area contributed by atoms with E-state index < -0.39 is 39.7 Å². The van der Waals surface area contributed by atoms with E-state index in [1.165, 1.54) is 18.6 Å². The minimum absolute atomic E-state index is 0.153. The Morgan fingerprint density at radius 1 is 0.425 bits per heavy atom. The van der Waals surface area contributed by atoms with Crippen molar-refractivity contribution in [3.8, 4) is 61.6 Å². The summed E-state index contributed by atoms with van der Waals surface area (Å²) >= 11 is 21.2. The number of hydrogen-bond acceptors (Lipinski definition) is 14. The lowest BCUT2D eigenvalue weighted by atomic mass is 9.89. The van der Waals surface area contributed by atoms with Crippen LogP contribution >= 0.6 is 34.8 Å². The van der Waals surface area contributed by atoms with E-state index >= 15 is 4.79 Å². The first kappa shape index (κ1) is 67.7. The summed E-state index contributed by atoms with van der Waals surface area (Å²) in [6, 6.07) is 56.1. The second kappa shape index (κ2) is 26.0. The Kier molecular flexibility index (Phi) is 15.6. The van der Waals surface area contributed by atoms with Crippen molar-refractivity contribution in [3.63, 3.8) is 0 Å². The predicted molar refractivity (Wildman–Crippen MR) is 441 cm³/mol. The van der Waals surface area contributed by atoms with Gasteiger partial charge in [-0.2, -0.15) is 9.61 Å². The summed E-state index contributed by atoms with van der Waals surface area (Å²) in [6.07, 6.45) is 13.4. The van der Waals surface area contributed by atoms with Gasteiger partial charge in [0.25, 0.3) is 16.7 Å². The van der Waals surface area contributed by atoms with Crippen LogP contribution in [0, 0.1) is 0 Å². The van der Waals surface area contributed by atoms with Gasteiger partial charge in [0.1, 0.15) is 0 Å². The number of benzene rings is 11. The maximum absolute atomic E-state index is 15.0. The Balaban J connectivity index is 0.615. The SMILES string of the molecule is Cn1ncc2c3cccc(Cl)c3c3ccc4c(=O)n(-c5cncc6c(Cc7cc(-c8cccc(Cl)c8-c8ccc9c(=O)n(-c%10cncc%11c(Cc%12cc(-c%13cccc(Cl)c%13-c%13ccc%14c(=O)n(-c%15cncc%16ccccc%15%16)c(=O)[nH]c%14c%13)cn%13nnnc%12%13)cccc%10%11)c(=O)[nH]c9c8)ccc7C(N)=O)cccc56)c(=O)[nH]c4c3c21. The van der Waals surface area contributed by atoms with Crippen molar-refractivity contribution < 1.29 is 4.79 Å². The molecule has 0 bridgehead atoms. The number of primary amides is 1. The number of carbonyl (C=O) groups is 1. The van der Waals surface area contributed by atoms with E-state index in [1.807, 2.05) is 110 Å². The van der Waals surface area contributed by atoms with Crippen LogP contribution in [-0.4, -0.2) is 79.3 Å². The van der Waals surface area contributed by atoms with Crippen LogP contribution < -0.4 is 39.5 Å². The molecule has 26 heteroatoms. The van der Waals surface area contributed by atoms with E-state index in [0.717, 1.165) is 51.7 Å². The number of nitrogens with zero attached hydrogens (tertiary/aromatic N) is 12. The van der Waals surface area contributed by atoms with Crippen molar-refractivity contribution in [2.75, 3.05) is 0 Å². The number of fused-ring (bicyclic) bond motifs is 14. The van der Waals surface area contributed by atoms with Crippen molar-refractivity contribution in [2.24, 2.45) is 12.8 Å². The molecule has 20 aromatic rings. The Bertz CT molecular complexity index is 8050. The van der Waals surface area contributed by atoms with Crippen LogP contribution in [0.2, 0.25) is 15.1 Å². The third kappa shape index (κ3) is 10.7. The van der Waals surface area contributed by atoms with E-state index in [0.29, 0.717) is 131 Å². The molecule has 542 valence electrons. The molecular formula is C87H51Cl3N16O7. The Morgan fingerprint density at radius 3 is 1.58 bits per heavy atom. The van der Waals surface area contributed by atoms with E-state index in [4.69, 9.17) is 40.5 Å². The first-order valence-electron chi connectivity index (χ1n) is 35.5. The number of rotatable bonds is 12. The lowest BCUT2D eigenvalue weighted by Crippen LogP contribution is -2.34. The molecule has 0 radical (unpaired) electrons. The lowest BCUT2D eigenvalue weighted by Gasteiger charge is -2.17. The molecule has 0 atom stereocenters. The summed E-state index contributed by atoms with van der Waals surface area (Å²) in [4.78, 5) is 123. The van der Waals surface area contributed by atoms with Gasteiger partial charge in [0.05, 0.1) is 80.1 Å². The topological polar surface area (TPSA) is 307 Å². The fraction of sp³-hybridized carbons (Fsp3) is 0.0345. The number of nitrogens with two attached hydrogens (primary N) is 1. The quantitative estimate of drug-likeness (QED) is 0.0827. The maximum atomic E-state index is 15.0. The maximum Gasteiger partial charge on any atom is 0.333 e. The molecule has 0 saturated carbocycles. The zero-order valence-electron chi connectivity index (χ0n) is 58.9. The van der Waals surface area contributed by atoms with Gasteiger partial charge in [-0.25, -0.2) is 28.1 Å². The van der Waals surface area contributed by atoms with Crippen LogP contribution in [-0.2, 0) is 19.9 Å². The molecule has 0 spiro atoms. The average molecular weight is 1540 g/mol. The van der Waals surface area contributed by atoms with Gasteiger partial charge in [-0.15, -0.1) is 5.10 Å². The van der Waals surface area contributed by atoms with E-state index in [1.54, 1.807) is 125 Å². The van der Waals surface area contributed by atoms with Crippen molar-refractivity contribution >= 4 is 144 Å². The first-order chi connectivity index (χ1) is 55.0. The number of tetrazole rings is 1. The average Bonchev–Trinajstić information content (AvgIpc) is 1.70. The molecular weight excluding hydrogens is 1490 g/mol. The highest BCUT2D eigenvalue weighted by Gasteiger charge is 2.26. The molecule has 11 aromatic carbocycles. The van der Waals surface area contributed by atoms with Crippen molar-refractivity contribution in [2.45, 2.75) is 12.8 Å². The molecule has 5 N–H and O–H groups in total. The van der Waals surface area contributed by atoms with Crippen LogP contribution in [0.4, 0.5) is 0 Å². The number of aromatic nitrogens is 15. The molecule has 0 saturated heterocycles. The zero-order chi connectivity index (χ0) is 76.9. The van der Waals surface area contributed by atoms with Gasteiger partial charge < -0.3 is 20.7 Å². The van der Waals surface area contributed by atoms with E-state index in [-0.39, 0.29) is 51.5 Å². The van der Waals surface area contributed by atoms with Gasteiger partial charge in [0.15, 0.2) is 5.65 Å². The van der Waals surface area contributed by atoms with E-state index in [9.17, 15) is 28.8 Å². The van der Waals surface area contributed by atoms with Crippen molar-refractivity contribution in [1.29, 1.82) is 0 Å². The van der Waals surface area contributed by atoms with Gasteiger partial charge in [0, 0.05) is 130 Å². The molecule has 113 heavy (non-hydrogen) atoms. The third-order valence-electron chi connectivity index (χ3n) is 21.5. The Hall–Kier alpha value is -14.7. The molecule has 0 unspecified atom stereocenters. The standard InChI is InChI=1S/C87H51Cl3N16O7/c1-102-79-65(38-95-102)58-17-8-20-68(90)76(58)61-27-28-62-78(77(61)79)98-87(113)106(84(62)110)73-41-93-36-63-43(10-4-15-56(63)73)29-49-30-45(21-24-55(49)80(91)107)53-13-6-18-66(88)74(53)46-22-25-60-69(33-46)97-86(112)105(83(60)109)72-40-94-37-64-44(11-5-16-57(64)72)31-50-32-51(42-103-81(50)99-100-101-103)54-14-7-19-67(89)75(54)47-23-26-59-70(34-47)96-85(111)104(82(59)108)71-39-92-35-48-9-2-3-12-52(48)71/h2-28,30,32-42H,29,31H2,1H3,(H2,91,107)(H,96,111)(H,97,112)(H,98,113). The molecule has 9 aromatic heterocycles. The van der Waals surface area contributed by atoms with Gasteiger partial charge in [-0.1, -0.05) is 162 Å². The van der Waals surface area contributed by atoms with Crippen molar-refractivity contribution in [1.82, 2.24) is 73.4 Å². The Morgan fingerprint density at radius 2 is 0.938 bits per heavy atom. The molecule has 20 rings (SSSR count). The van der Waals surface area contributed by atoms with Crippen LogP contribution in [0.1, 0.15) is 32.6 Å². The monoisotopic (exact) mass is 1540 g/mol. The lowest BCUT2D eigenvalue weighted by molar-refractivity contribution is 0.0999. The molecule has 9 heterocycles. The Labute approximate surface area is 648 Å².